The van der Waals surface area contributed by atoms with E-state index in [0.29, 0.717) is 6.04 Å². The summed E-state index contributed by atoms with van der Waals surface area (Å²) in [4.78, 5) is 2.41. The molecule has 0 spiro atoms. The Morgan fingerprint density at radius 1 is 1.41 bits per heavy atom. The van der Waals surface area contributed by atoms with Gasteiger partial charge in [0.25, 0.3) is 0 Å². The van der Waals surface area contributed by atoms with Gasteiger partial charge in [-0.2, -0.15) is 0 Å². The topological polar surface area (TPSA) is 28.4 Å². The van der Waals surface area contributed by atoms with Gasteiger partial charge >= 0.3 is 0 Å². The van der Waals surface area contributed by atoms with Crippen molar-refractivity contribution in [3.05, 3.63) is 23.7 Å². The average Bonchev–Trinajstić information content (AvgIpc) is 2.75. The van der Waals surface area contributed by atoms with E-state index in [2.05, 4.69) is 30.3 Å². The molecule has 17 heavy (non-hydrogen) atoms. The minimum atomic E-state index is 0.323. The summed E-state index contributed by atoms with van der Waals surface area (Å²) in [5, 5.41) is 3.58. The molecular formula is C14H24N2O. The summed E-state index contributed by atoms with van der Waals surface area (Å²) < 4.78 is 5.63. The maximum Gasteiger partial charge on any atom is 0.120 e. The molecule has 3 nitrogen and oxygen atoms in total. The summed E-state index contributed by atoms with van der Waals surface area (Å²) >= 11 is 0. The summed E-state index contributed by atoms with van der Waals surface area (Å²) in [5.41, 5.74) is 0. The highest BCUT2D eigenvalue weighted by Gasteiger charge is 2.18. The summed E-state index contributed by atoms with van der Waals surface area (Å²) in [6.07, 6.45) is 2.63. The van der Waals surface area contributed by atoms with Gasteiger partial charge in [-0.3, -0.25) is 0 Å². The van der Waals surface area contributed by atoms with Gasteiger partial charge in [0.2, 0.25) is 0 Å². The third kappa shape index (κ3) is 3.58. The fourth-order valence-electron chi connectivity index (χ4n) is 2.40. The van der Waals surface area contributed by atoms with Crippen LogP contribution in [0.1, 0.15) is 37.3 Å². The van der Waals surface area contributed by atoms with E-state index in [1.807, 2.05) is 13.0 Å². The number of rotatable bonds is 4. The van der Waals surface area contributed by atoms with Gasteiger partial charge in [0, 0.05) is 0 Å². The van der Waals surface area contributed by atoms with Gasteiger partial charge in [0.1, 0.15) is 11.5 Å². The molecule has 0 saturated carbocycles. The molecule has 1 saturated heterocycles. The second-order valence-electron chi connectivity index (χ2n) is 5.33. The zero-order valence-electron chi connectivity index (χ0n) is 11.2. The Hall–Kier alpha value is -0.800. The molecule has 2 heterocycles. The molecule has 0 aromatic carbocycles. The largest absolute Gasteiger partial charge is 0.465 e. The van der Waals surface area contributed by atoms with Crippen molar-refractivity contribution in [2.45, 2.75) is 32.7 Å². The van der Waals surface area contributed by atoms with Crippen LogP contribution in [0.2, 0.25) is 0 Å². The number of likely N-dealkylation sites (tertiary alicyclic amines) is 1. The van der Waals surface area contributed by atoms with Gasteiger partial charge in [-0.1, -0.05) is 0 Å². The van der Waals surface area contributed by atoms with Crippen LogP contribution in [0.3, 0.4) is 0 Å². The van der Waals surface area contributed by atoms with Crippen LogP contribution >= 0.6 is 0 Å². The van der Waals surface area contributed by atoms with Crippen molar-refractivity contribution in [3.8, 4) is 0 Å². The molecule has 1 atom stereocenters. The summed E-state index contributed by atoms with van der Waals surface area (Å²) in [5.74, 6) is 2.87. The highest BCUT2D eigenvalue weighted by Crippen LogP contribution is 2.19. The van der Waals surface area contributed by atoms with E-state index in [4.69, 9.17) is 4.42 Å². The van der Waals surface area contributed by atoms with Gasteiger partial charge < -0.3 is 14.6 Å². The highest BCUT2D eigenvalue weighted by atomic mass is 16.3. The molecule has 1 aromatic heterocycles. The van der Waals surface area contributed by atoms with Gasteiger partial charge in [-0.15, -0.1) is 0 Å². The minimum absolute atomic E-state index is 0.323. The van der Waals surface area contributed by atoms with Crippen molar-refractivity contribution in [2.75, 3.05) is 26.7 Å². The smallest absolute Gasteiger partial charge is 0.120 e. The lowest BCUT2D eigenvalue weighted by molar-refractivity contribution is 0.212. The molecule has 1 aliphatic rings. The summed E-state index contributed by atoms with van der Waals surface area (Å²) in [6, 6.07) is 4.42. The zero-order chi connectivity index (χ0) is 12.3. The van der Waals surface area contributed by atoms with Gasteiger partial charge in [-0.05, 0) is 71.4 Å². The number of hydrogen-bond donors (Lipinski definition) is 1. The molecule has 1 aliphatic heterocycles. The normalized spacial score (nSPS) is 20.6. The first-order valence-corrected chi connectivity index (χ1v) is 6.63. The van der Waals surface area contributed by atoms with E-state index < -0.39 is 0 Å². The number of furan rings is 1. The molecule has 0 bridgehead atoms. The lowest BCUT2D eigenvalue weighted by atomic mass is 9.97. The second-order valence-corrected chi connectivity index (χ2v) is 5.33. The quantitative estimate of drug-likeness (QED) is 0.871. The van der Waals surface area contributed by atoms with Gasteiger partial charge in [0.05, 0.1) is 6.04 Å². The predicted molar refractivity (Wildman–Crippen MR) is 70.1 cm³/mol. The number of aryl methyl sites for hydroxylation is 1. The van der Waals surface area contributed by atoms with Crippen LogP contribution in [0.5, 0.6) is 0 Å². The van der Waals surface area contributed by atoms with E-state index in [1.165, 1.54) is 25.9 Å². The van der Waals surface area contributed by atoms with E-state index >= 15 is 0 Å². The second kappa shape index (κ2) is 5.69. The Labute approximate surface area is 104 Å². The van der Waals surface area contributed by atoms with Gasteiger partial charge in [0.15, 0.2) is 0 Å². The standard InChI is InChI=1S/C14H24N2O/c1-11-4-5-14(17-11)12(2)15-10-13-6-8-16(3)9-7-13/h4-5,12-13,15H,6-10H2,1-3H3. The Morgan fingerprint density at radius 3 is 2.71 bits per heavy atom. The number of nitrogens with zero attached hydrogens (tertiary/aromatic N) is 1. The minimum Gasteiger partial charge on any atom is -0.465 e. The maximum atomic E-state index is 5.63. The highest BCUT2D eigenvalue weighted by molar-refractivity contribution is 5.08. The maximum absolute atomic E-state index is 5.63. The third-order valence-electron chi connectivity index (χ3n) is 3.74. The van der Waals surface area contributed by atoms with E-state index in [9.17, 15) is 0 Å². The van der Waals surface area contributed by atoms with Crippen LogP contribution in [-0.2, 0) is 0 Å². The van der Waals surface area contributed by atoms with Crippen molar-refractivity contribution in [3.63, 3.8) is 0 Å². The Morgan fingerprint density at radius 2 is 2.12 bits per heavy atom. The van der Waals surface area contributed by atoms with E-state index in [0.717, 1.165) is 24.0 Å². The molecule has 0 aliphatic carbocycles. The number of nitrogens with one attached hydrogen (secondary N) is 1. The lowest BCUT2D eigenvalue weighted by Crippen LogP contribution is -2.35. The first-order chi connectivity index (χ1) is 8.15. The molecule has 1 fully saturated rings. The van der Waals surface area contributed by atoms with E-state index in [-0.39, 0.29) is 0 Å². The molecule has 2 rings (SSSR count). The molecule has 0 radical (unpaired) electrons. The van der Waals surface area contributed by atoms with Crippen molar-refractivity contribution in [1.29, 1.82) is 0 Å². The fraction of sp³-hybridized carbons (Fsp3) is 0.714. The first kappa shape index (κ1) is 12.7. The fourth-order valence-corrected chi connectivity index (χ4v) is 2.40. The Kier molecular flexibility index (Phi) is 4.24. The van der Waals surface area contributed by atoms with Crippen molar-refractivity contribution < 1.29 is 4.42 Å². The van der Waals surface area contributed by atoms with Crippen LogP contribution in [0.4, 0.5) is 0 Å². The predicted octanol–water partition coefficient (Wildman–Crippen LogP) is 2.58. The summed E-state index contributed by atoms with van der Waals surface area (Å²) in [6.45, 7) is 7.75. The monoisotopic (exact) mass is 236 g/mol. The number of hydrogen-bond acceptors (Lipinski definition) is 3. The van der Waals surface area contributed by atoms with Crippen LogP contribution in [-0.4, -0.2) is 31.6 Å². The third-order valence-corrected chi connectivity index (χ3v) is 3.74. The molecule has 1 aromatic rings. The van der Waals surface area contributed by atoms with Crippen molar-refractivity contribution >= 4 is 0 Å². The van der Waals surface area contributed by atoms with E-state index in [1.54, 1.807) is 0 Å². The number of piperidine rings is 1. The molecule has 3 heteroatoms. The first-order valence-electron chi connectivity index (χ1n) is 6.63. The van der Waals surface area contributed by atoms with Crippen molar-refractivity contribution in [1.82, 2.24) is 10.2 Å². The Balaban J connectivity index is 1.74. The average molecular weight is 236 g/mol. The molecule has 1 unspecified atom stereocenters. The van der Waals surface area contributed by atoms with Crippen LogP contribution in [0, 0.1) is 12.8 Å². The lowest BCUT2D eigenvalue weighted by Gasteiger charge is -2.29. The van der Waals surface area contributed by atoms with Crippen LogP contribution in [0.15, 0.2) is 16.5 Å². The molecule has 1 N–H and O–H groups in total. The van der Waals surface area contributed by atoms with Gasteiger partial charge in [-0.25, -0.2) is 0 Å². The molecular weight excluding hydrogens is 212 g/mol. The van der Waals surface area contributed by atoms with Crippen LogP contribution in [0.25, 0.3) is 0 Å². The van der Waals surface area contributed by atoms with Crippen molar-refractivity contribution in [2.24, 2.45) is 5.92 Å². The Bertz CT molecular complexity index is 340. The SMILES string of the molecule is Cc1ccc(C(C)NCC2CCN(C)CC2)o1. The zero-order valence-corrected chi connectivity index (χ0v) is 11.2. The molecule has 96 valence electrons. The molecule has 0 amide bonds. The van der Waals surface area contributed by atoms with Crippen LogP contribution < -0.4 is 5.32 Å². The summed E-state index contributed by atoms with van der Waals surface area (Å²) in [7, 11) is 2.21.